The van der Waals surface area contributed by atoms with E-state index < -0.39 is 11.7 Å². The third-order valence-electron chi connectivity index (χ3n) is 3.92. The zero-order valence-corrected chi connectivity index (χ0v) is 12.7. The molecule has 3 N–H and O–H groups in total. The van der Waals surface area contributed by atoms with E-state index in [1.165, 1.54) is 12.1 Å². The van der Waals surface area contributed by atoms with Gasteiger partial charge in [-0.3, -0.25) is 4.79 Å². The molecule has 0 bridgehead atoms. The van der Waals surface area contributed by atoms with Gasteiger partial charge in [-0.25, -0.2) is 0 Å². The monoisotopic (exact) mass is 330 g/mol. The first-order chi connectivity index (χ1) is 10.9. The fraction of sp³-hybridized carbons (Fsp3) is 0.562. The van der Waals surface area contributed by atoms with Gasteiger partial charge in [0, 0.05) is 12.0 Å². The van der Waals surface area contributed by atoms with E-state index in [1.54, 1.807) is 0 Å². The summed E-state index contributed by atoms with van der Waals surface area (Å²) < 4.78 is 43.0. The average molecular weight is 330 g/mol. The molecular weight excluding hydrogens is 309 g/mol. The number of halogens is 3. The molecule has 7 heteroatoms. The molecule has 2 unspecified atom stereocenters. The minimum atomic E-state index is -4.40. The molecule has 1 saturated carbocycles. The second-order valence-corrected chi connectivity index (χ2v) is 5.79. The SMILES string of the molecule is NC1CCCC(C(=O)NCCOc2cccc(C(F)(F)F)c2)C1. The van der Waals surface area contributed by atoms with E-state index in [0.29, 0.717) is 6.42 Å². The fourth-order valence-corrected chi connectivity index (χ4v) is 2.72. The average Bonchev–Trinajstić information content (AvgIpc) is 2.51. The van der Waals surface area contributed by atoms with Gasteiger partial charge in [-0.05, 0) is 37.5 Å². The third-order valence-corrected chi connectivity index (χ3v) is 3.92. The lowest BCUT2D eigenvalue weighted by Gasteiger charge is -2.25. The molecule has 1 amide bonds. The minimum Gasteiger partial charge on any atom is -0.492 e. The summed E-state index contributed by atoms with van der Waals surface area (Å²) in [4.78, 5) is 12.0. The van der Waals surface area contributed by atoms with Crippen molar-refractivity contribution in [2.75, 3.05) is 13.2 Å². The highest BCUT2D eigenvalue weighted by molar-refractivity contribution is 5.78. The number of ether oxygens (including phenoxy) is 1. The highest BCUT2D eigenvalue weighted by Gasteiger charge is 2.30. The second kappa shape index (κ2) is 7.68. The van der Waals surface area contributed by atoms with Crippen LogP contribution in [0.25, 0.3) is 0 Å². The topological polar surface area (TPSA) is 64.4 Å². The summed E-state index contributed by atoms with van der Waals surface area (Å²) in [6, 6.07) is 4.75. The molecule has 0 spiro atoms. The van der Waals surface area contributed by atoms with Gasteiger partial charge in [0.15, 0.2) is 0 Å². The van der Waals surface area contributed by atoms with Crippen LogP contribution in [0.5, 0.6) is 5.75 Å². The molecule has 0 saturated heterocycles. The van der Waals surface area contributed by atoms with Gasteiger partial charge in [0.2, 0.25) is 5.91 Å². The van der Waals surface area contributed by atoms with Crippen LogP contribution in [-0.4, -0.2) is 25.1 Å². The minimum absolute atomic E-state index is 0.0622. The standard InChI is InChI=1S/C16H21F3N2O2/c17-16(18,19)12-4-2-6-14(10-12)23-8-7-21-15(22)11-3-1-5-13(20)9-11/h2,4,6,10-11,13H,1,3,5,7-9,20H2,(H,21,22). The number of carbonyl (C=O) groups is 1. The summed E-state index contributed by atoms with van der Waals surface area (Å²) in [5.41, 5.74) is 5.09. The predicted octanol–water partition coefficient (Wildman–Crippen LogP) is 2.72. The summed E-state index contributed by atoms with van der Waals surface area (Å²) >= 11 is 0. The molecule has 0 heterocycles. The van der Waals surface area contributed by atoms with E-state index in [-0.39, 0.29) is 36.8 Å². The maximum absolute atomic E-state index is 12.6. The van der Waals surface area contributed by atoms with Crippen LogP contribution in [-0.2, 0) is 11.0 Å². The van der Waals surface area contributed by atoms with Crippen molar-refractivity contribution in [3.63, 3.8) is 0 Å². The summed E-state index contributed by atoms with van der Waals surface area (Å²) in [5, 5.41) is 2.75. The van der Waals surface area contributed by atoms with Gasteiger partial charge in [-0.2, -0.15) is 13.2 Å². The maximum Gasteiger partial charge on any atom is 0.416 e. The molecule has 1 aliphatic rings. The van der Waals surface area contributed by atoms with E-state index >= 15 is 0 Å². The van der Waals surface area contributed by atoms with Crippen molar-refractivity contribution in [2.24, 2.45) is 11.7 Å². The molecular formula is C16H21F3N2O2. The predicted molar refractivity (Wildman–Crippen MR) is 79.9 cm³/mol. The van der Waals surface area contributed by atoms with Gasteiger partial charge in [-0.1, -0.05) is 12.5 Å². The van der Waals surface area contributed by atoms with Gasteiger partial charge in [0.25, 0.3) is 0 Å². The van der Waals surface area contributed by atoms with Gasteiger partial charge in [0.05, 0.1) is 12.1 Å². The zero-order chi connectivity index (χ0) is 16.9. The van der Waals surface area contributed by atoms with Crippen LogP contribution in [0.2, 0.25) is 0 Å². The third kappa shape index (κ3) is 5.42. The van der Waals surface area contributed by atoms with E-state index in [1.807, 2.05) is 0 Å². The van der Waals surface area contributed by atoms with Crippen molar-refractivity contribution < 1.29 is 22.7 Å². The number of hydrogen-bond donors (Lipinski definition) is 2. The Labute approximate surface area is 133 Å². The van der Waals surface area contributed by atoms with Crippen LogP contribution in [0.1, 0.15) is 31.2 Å². The fourth-order valence-electron chi connectivity index (χ4n) is 2.72. The molecule has 0 aliphatic heterocycles. The van der Waals surface area contributed by atoms with Crippen LogP contribution in [0.3, 0.4) is 0 Å². The molecule has 128 valence electrons. The van der Waals surface area contributed by atoms with Crippen molar-refractivity contribution in [1.82, 2.24) is 5.32 Å². The molecule has 1 aromatic carbocycles. The molecule has 4 nitrogen and oxygen atoms in total. The lowest BCUT2D eigenvalue weighted by atomic mass is 9.85. The number of nitrogens with one attached hydrogen (secondary N) is 1. The smallest absolute Gasteiger partial charge is 0.416 e. The number of hydrogen-bond acceptors (Lipinski definition) is 3. The van der Waals surface area contributed by atoms with Crippen LogP contribution in [0.4, 0.5) is 13.2 Å². The van der Waals surface area contributed by atoms with E-state index in [9.17, 15) is 18.0 Å². The number of nitrogens with two attached hydrogens (primary N) is 1. The summed E-state index contributed by atoms with van der Waals surface area (Å²) in [6.45, 7) is 0.368. The first-order valence-corrected chi connectivity index (χ1v) is 7.69. The second-order valence-electron chi connectivity index (χ2n) is 5.79. The lowest BCUT2D eigenvalue weighted by Crippen LogP contribution is -2.39. The maximum atomic E-state index is 12.6. The van der Waals surface area contributed by atoms with Crippen LogP contribution in [0.15, 0.2) is 24.3 Å². The Hall–Kier alpha value is -1.76. The number of amides is 1. The van der Waals surface area contributed by atoms with Crippen molar-refractivity contribution in [2.45, 2.75) is 37.9 Å². The molecule has 23 heavy (non-hydrogen) atoms. The quantitative estimate of drug-likeness (QED) is 0.816. The molecule has 1 fully saturated rings. The number of alkyl halides is 3. The van der Waals surface area contributed by atoms with Crippen LogP contribution < -0.4 is 15.8 Å². The summed E-state index contributed by atoms with van der Waals surface area (Å²) in [7, 11) is 0. The van der Waals surface area contributed by atoms with Gasteiger partial charge >= 0.3 is 6.18 Å². The molecule has 0 aromatic heterocycles. The normalized spacial score (nSPS) is 21.7. The van der Waals surface area contributed by atoms with Crippen molar-refractivity contribution in [3.05, 3.63) is 29.8 Å². The molecule has 1 aromatic rings. The number of benzene rings is 1. The number of carbonyl (C=O) groups excluding carboxylic acids is 1. The van der Waals surface area contributed by atoms with Gasteiger partial charge in [0.1, 0.15) is 12.4 Å². The lowest BCUT2D eigenvalue weighted by molar-refractivity contribution is -0.137. The van der Waals surface area contributed by atoms with E-state index in [2.05, 4.69) is 5.32 Å². The van der Waals surface area contributed by atoms with Crippen molar-refractivity contribution in [3.8, 4) is 5.75 Å². The molecule has 2 atom stereocenters. The molecule has 1 aliphatic carbocycles. The highest BCUT2D eigenvalue weighted by Crippen LogP contribution is 2.31. The summed E-state index contributed by atoms with van der Waals surface area (Å²) in [5.74, 6) is -0.00568. The van der Waals surface area contributed by atoms with Gasteiger partial charge in [-0.15, -0.1) is 0 Å². The van der Waals surface area contributed by atoms with Crippen LogP contribution >= 0.6 is 0 Å². The van der Waals surface area contributed by atoms with E-state index in [4.69, 9.17) is 10.5 Å². The largest absolute Gasteiger partial charge is 0.492 e. The number of rotatable bonds is 5. The van der Waals surface area contributed by atoms with E-state index in [0.717, 1.165) is 31.4 Å². The Kier molecular flexibility index (Phi) is 5.87. The summed E-state index contributed by atoms with van der Waals surface area (Å²) in [6.07, 6.45) is -0.996. The van der Waals surface area contributed by atoms with Crippen molar-refractivity contribution in [1.29, 1.82) is 0 Å². The first kappa shape index (κ1) is 17.6. The zero-order valence-electron chi connectivity index (χ0n) is 12.7. The Morgan fingerprint density at radius 3 is 2.83 bits per heavy atom. The Bertz CT molecular complexity index is 534. The first-order valence-electron chi connectivity index (χ1n) is 7.69. The Morgan fingerprint density at radius 1 is 1.35 bits per heavy atom. The van der Waals surface area contributed by atoms with Crippen molar-refractivity contribution >= 4 is 5.91 Å². The Morgan fingerprint density at radius 2 is 2.13 bits per heavy atom. The highest BCUT2D eigenvalue weighted by atomic mass is 19.4. The van der Waals surface area contributed by atoms with Crippen LogP contribution in [0, 0.1) is 5.92 Å². The molecule has 0 radical (unpaired) electrons. The molecule has 2 rings (SSSR count). The Balaban J connectivity index is 1.74. The van der Waals surface area contributed by atoms with Gasteiger partial charge < -0.3 is 15.8 Å².